The lowest BCUT2D eigenvalue weighted by molar-refractivity contribution is -0.122. The predicted octanol–water partition coefficient (Wildman–Crippen LogP) is 4.56. The zero-order valence-electron chi connectivity index (χ0n) is 18.5. The van der Waals surface area contributed by atoms with Gasteiger partial charge in [0, 0.05) is 6.54 Å². The average molecular weight is 481 g/mol. The SMILES string of the molecule is O=C1NC(=S)N(c2ccc(Oc3ccccc3)cc2)C(=O)/C1=C\c1cncn1Cc1ccccc1. The lowest BCUT2D eigenvalue weighted by Gasteiger charge is -2.29. The Labute approximate surface area is 207 Å². The first kappa shape index (κ1) is 22.2. The monoisotopic (exact) mass is 480 g/mol. The first-order valence-corrected chi connectivity index (χ1v) is 11.3. The minimum atomic E-state index is -0.548. The third-order valence-corrected chi connectivity index (χ3v) is 5.69. The second-order valence-electron chi connectivity index (χ2n) is 7.80. The summed E-state index contributed by atoms with van der Waals surface area (Å²) in [6, 6.07) is 26.2. The summed E-state index contributed by atoms with van der Waals surface area (Å²) in [5.41, 5.74) is 2.19. The van der Waals surface area contributed by atoms with Crippen molar-refractivity contribution in [3.63, 3.8) is 0 Å². The van der Waals surface area contributed by atoms with Gasteiger partial charge in [-0.15, -0.1) is 0 Å². The number of amides is 2. The van der Waals surface area contributed by atoms with Crippen molar-refractivity contribution in [2.45, 2.75) is 6.54 Å². The van der Waals surface area contributed by atoms with E-state index in [1.54, 1.807) is 36.8 Å². The number of nitrogens with one attached hydrogen (secondary N) is 1. The lowest BCUT2D eigenvalue weighted by Crippen LogP contribution is -2.54. The summed E-state index contributed by atoms with van der Waals surface area (Å²) < 4.78 is 7.69. The van der Waals surface area contributed by atoms with Crippen LogP contribution in [0.3, 0.4) is 0 Å². The van der Waals surface area contributed by atoms with Gasteiger partial charge in [0.2, 0.25) is 0 Å². The molecule has 2 amide bonds. The molecule has 8 heteroatoms. The van der Waals surface area contributed by atoms with E-state index in [0.717, 1.165) is 5.56 Å². The highest BCUT2D eigenvalue weighted by Crippen LogP contribution is 2.27. The van der Waals surface area contributed by atoms with E-state index in [0.29, 0.717) is 29.4 Å². The molecule has 0 bridgehead atoms. The fraction of sp³-hybridized carbons (Fsp3) is 0.0370. The third-order valence-electron chi connectivity index (χ3n) is 5.41. The minimum Gasteiger partial charge on any atom is -0.457 e. The van der Waals surface area contributed by atoms with Crippen molar-refractivity contribution in [2.24, 2.45) is 0 Å². The van der Waals surface area contributed by atoms with E-state index in [2.05, 4.69) is 10.3 Å². The molecule has 4 aromatic rings. The number of hydrogen-bond acceptors (Lipinski definition) is 5. The molecule has 172 valence electrons. The molecule has 1 fully saturated rings. The van der Waals surface area contributed by atoms with E-state index in [-0.39, 0.29) is 10.7 Å². The van der Waals surface area contributed by atoms with Gasteiger partial charge in [-0.25, -0.2) is 4.98 Å². The molecule has 1 aliphatic heterocycles. The summed E-state index contributed by atoms with van der Waals surface area (Å²) in [5.74, 6) is 0.255. The molecule has 2 heterocycles. The van der Waals surface area contributed by atoms with Crippen molar-refractivity contribution in [3.05, 3.63) is 114 Å². The number of hydrogen-bond donors (Lipinski definition) is 1. The first-order valence-electron chi connectivity index (χ1n) is 10.9. The number of aromatic nitrogens is 2. The minimum absolute atomic E-state index is 0.0201. The molecule has 1 aliphatic rings. The molecule has 1 saturated heterocycles. The van der Waals surface area contributed by atoms with Gasteiger partial charge < -0.3 is 9.30 Å². The van der Waals surface area contributed by atoms with Crippen LogP contribution in [0.2, 0.25) is 0 Å². The van der Waals surface area contributed by atoms with Gasteiger partial charge in [-0.2, -0.15) is 0 Å². The smallest absolute Gasteiger partial charge is 0.270 e. The average Bonchev–Trinajstić information content (AvgIpc) is 3.30. The Balaban J connectivity index is 1.39. The number of carbonyl (C=O) groups is 2. The van der Waals surface area contributed by atoms with Crippen LogP contribution in [0, 0.1) is 0 Å². The Hall–Kier alpha value is -4.56. The molecule has 0 radical (unpaired) electrons. The number of imidazole rings is 1. The largest absolute Gasteiger partial charge is 0.457 e. The Morgan fingerprint density at radius 1 is 0.886 bits per heavy atom. The van der Waals surface area contributed by atoms with Crippen molar-refractivity contribution < 1.29 is 14.3 Å². The molecular weight excluding hydrogens is 460 g/mol. The fourth-order valence-electron chi connectivity index (χ4n) is 3.69. The summed E-state index contributed by atoms with van der Waals surface area (Å²) in [5, 5.41) is 2.63. The normalized spacial score (nSPS) is 14.8. The van der Waals surface area contributed by atoms with Gasteiger partial charge in [0.05, 0.1) is 23.9 Å². The number of rotatable bonds is 6. The van der Waals surface area contributed by atoms with Crippen LogP contribution in [0.1, 0.15) is 11.3 Å². The molecule has 1 aromatic heterocycles. The van der Waals surface area contributed by atoms with Crippen LogP contribution in [0.25, 0.3) is 6.08 Å². The van der Waals surface area contributed by atoms with Crippen LogP contribution < -0.4 is 15.0 Å². The third kappa shape index (κ3) is 4.87. The maximum Gasteiger partial charge on any atom is 0.270 e. The molecule has 0 unspecified atom stereocenters. The zero-order valence-corrected chi connectivity index (χ0v) is 19.3. The second-order valence-corrected chi connectivity index (χ2v) is 8.19. The van der Waals surface area contributed by atoms with Gasteiger partial charge in [0.1, 0.15) is 17.1 Å². The standard InChI is InChI=1S/C27H20N4O3S/c32-25-24(15-21-16-28-18-30(21)17-19-7-3-1-4-8-19)26(33)31(27(35)29-25)20-11-13-23(14-12-20)34-22-9-5-2-6-10-22/h1-16,18H,17H2,(H,29,32,35)/b24-15-. The summed E-state index contributed by atoms with van der Waals surface area (Å²) in [7, 11) is 0. The fourth-order valence-corrected chi connectivity index (χ4v) is 3.97. The molecule has 0 aliphatic carbocycles. The Morgan fingerprint density at radius 2 is 1.54 bits per heavy atom. The van der Waals surface area contributed by atoms with Gasteiger partial charge in [0.15, 0.2) is 5.11 Å². The van der Waals surface area contributed by atoms with Crippen molar-refractivity contribution >= 4 is 40.9 Å². The lowest BCUT2D eigenvalue weighted by atomic mass is 10.1. The molecule has 0 saturated carbocycles. The van der Waals surface area contributed by atoms with E-state index in [1.807, 2.05) is 65.2 Å². The van der Waals surface area contributed by atoms with Gasteiger partial charge >= 0.3 is 0 Å². The molecule has 7 nitrogen and oxygen atoms in total. The molecule has 3 aromatic carbocycles. The quantitative estimate of drug-likeness (QED) is 0.249. The molecule has 5 rings (SSSR count). The van der Waals surface area contributed by atoms with E-state index in [9.17, 15) is 9.59 Å². The molecular formula is C27H20N4O3S. The van der Waals surface area contributed by atoms with E-state index < -0.39 is 11.8 Å². The summed E-state index contributed by atoms with van der Waals surface area (Å²) in [6.45, 7) is 0.556. The first-order chi connectivity index (χ1) is 17.1. The maximum atomic E-state index is 13.4. The highest BCUT2D eigenvalue weighted by Gasteiger charge is 2.34. The van der Waals surface area contributed by atoms with Crippen molar-refractivity contribution in [3.8, 4) is 11.5 Å². The van der Waals surface area contributed by atoms with Crippen LogP contribution >= 0.6 is 12.2 Å². The summed E-state index contributed by atoms with van der Waals surface area (Å²) >= 11 is 5.31. The van der Waals surface area contributed by atoms with Gasteiger partial charge in [0.25, 0.3) is 11.8 Å². The molecule has 0 spiro atoms. The van der Waals surface area contributed by atoms with E-state index in [1.165, 1.54) is 11.0 Å². The van der Waals surface area contributed by atoms with Gasteiger partial charge in [-0.3, -0.25) is 19.8 Å². The number of benzene rings is 3. The number of anilines is 1. The van der Waals surface area contributed by atoms with Gasteiger partial charge in [-0.1, -0.05) is 48.5 Å². The van der Waals surface area contributed by atoms with Crippen LogP contribution in [0.5, 0.6) is 11.5 Å². The number of ether oxygens (including phenoxy) is 1. The van der Waals surface area contributed by atoms with Crippen LogP contribution in [0.15, 0.2) is 103 Å². The van der Waals surface area contributed by atoms with E-state index in [4.69, 9.17) is 17.0 Å². The molecule has 35 heavy (non-hydrogen) atoms. The highest BCUT2D eigenvalue weighted by molar-refractivity contribution is 7.80. The maximum absolute atomic E-state index is 13.4. The van der Waals surface area contributed by atoms with Crippen LogP contribution in [-0.2, 0) is 16.1 Å². The number of carbonyl (C=O) groups excluding carboxylic acids is 2. The van der Waals surface area contributed by atoms with Crippen molar-refractivity contribution in [2.75, 3.05) is 4.90 Å². The van der Waals surface area contributed by atoms with Gasteiger partial charge in [-0.05, 0) is 60.3 Å². The second kappa shape index (κ2) is 9.74. The highest BCUT2D eigenvalue weighted by atomic mass is 32.1. The zero-order chi connectivity index (χ0) is 24.2. The van der Waals surface area contributed by atoms with Crippen LogP contribution in [0.4, 0.5) is 5.69 Å². The Morgan fingerprint density at radius 3 is 2.26 bits per heavy atom. The topological polar surface area (TPSA) is 76.5 Å². The Bertz CT molecular complexity index is 1410. The predicted molar refractivity (Wildman–Crippen MR) is 137 cm³/mol. The number of para-hydroxylation sites is 1. The van der Waals surface area contributed by atoms with E-state index >= 15 is 0 Å². The number of nitrogens with zero attached hydrogens (tertiary/aromatic N) is 3. The summed E-state index contributed by atoms with van der Waals surface area (Å²) in [4.78, 5) is 31.5. The molecule has 0 atom stereocenters. The number of thiocarbonyl (C=S) groups is 1. The summed E-state index contributed by atoms with van der Waals surface area (Å²) in [6.07, 6.45) is 4.82. The van der Waals surface area contributed by atoms with Crippen molar-refractivity contribution in [1.82, 2.24) is 14.9 Å². The Kier molecular flexibility index (Phi) is 6.19. The molecule has 1 N–H and O–H groups in total. The van der Waals surface area contributed by atoms with Crippen LogP contribution in [-0.4, -0.2) is 26.5 Å². The van der Waals surface area contributed by atoms with Crippen molar-refractivity contribution in [1.29, 1.82) is 0 Å².